The molecular weight excluding hydrogens is 226 g/mol. The zero-order valence-corrected chi connectivity index (χ0v) is 9.73. The molecule has 0 aliphatic rings. The van der Waals surface area contributed by atoms with Gasteiger partial charge in [0.1, 0.15) is 6.61 Å². The van der Waals surface area contributed by atoms with Crippen LogP contribution >= 0.6 is 0 Å². The molecule has 0 bridgehead atoms. The lowest BCUT2D eigenvalue weighted by atomic mass is 10.5. The number of nitrogens with one attached hydrogen (secondary N) is 2. The molecule has 0 unspecified atom stereocenters. The molecule has 0 atom stereocenters. The zero-order chi connectivity index (χ0) is 12.5. The van der Waals surface area contributed by atoms with Crippen LogP contribution in [0.5, 0.6) is 0 Å². The molecule has 96 valence electrons. The van der Waals surface area contributed by atoms with Crippen molar-refractivity contribution in [3.63, 3.8) is 0 Å². The van der Waals surface area contributed by atoms with Crippen LogP contribution in [0.2, 0.25) is 0 Å². The smallest absolute Gasteiger partial charge is 0.404 e. The van der Waals surface area contributed by atoms with Crippen LogP contribution in [-0.4, -0.2) is 36.0 Å². The second-order valence-electron chi connectivity index (χ2n) is 3.27. The molecular formula is C9H17N5O3. The molecule has 1 aromatic heterocycles. The van der Waals surface area contributed by atoms with Crippen LogP contribution in [0.1, 0.15) is 19.2 Å². The summed E-state index contributed by atoms with van der Waals surface area (Å²) in [7, 11) is 0. The number of rotatable bonds is 8. The van der Waals surface area contributed by atoms with Crippen LogP contribution in [0.3, 0.4) is 0 Å². The second-order valence-corrected chi connectivity index (χ2v) is 3.27. The molecule has 1 rings (SSSR count). The molecule has 0 aromatic carbocycles. The van der Waals surface area contributed by atoms with E-state index in [0.717, 1.165) is 13.0 Å². The third-order valence-corrected chi connectivity index (χ3v) is 1.79. The fraction of sp³-hybridized carbons (Fsp3) is 0.667. The van der Waals surface area contributed by atoms with E-state index in [2.05, 4.69) is 32.5 Å². The maximum absolute atomic E-state index is 10.3. The Morgan fingerprint density at radius 3 is 3.00 bits per heavy atom. The van der Waals surface area contributed by atoms with Gasteiger partial charge in [0.25, 0.3) is 0 Å². The standard InChI is InChI=1S/C9H17N5O3/c1-2-3-11-6-7-13-14-9(17-7)12-4-5-16-8(10)15/h11H,2-6H2,1H3,(H2,10,15)(H,12,14). The Hall–Kier alpha value is -1.83. The number of anilines is 1. The van der Waals surface area contributed by atoms with E-state index in [1.165, 1.54) is 0 Å². The molecule has 0 fully saturated rings. The third-order valence-electron chi connectivity index (χ3n) is 1.79. The Morgan fingerprint density at radius 2 is 2.29 bits per heavy atom. The Morgan fingerprint density at radius 1 is 1.47 bits per heavy atom. The van der Waals surface area contributed by atoms with Crippen molar-refractivity contribution < 1.29 is 13.9 Å². The summed E-state index contributed by atoms with van der Waals surface area (Å²) in [4.78, 5) is 10.3. The largest absolute Gasteiger partial charge is 0.448 e. The highest BCUT2D eigenvalue weighted by Gasteiger charge is 2.04. The predicted molar refractivity (Wildman–Crippen MR) is 60.3 cm³/mol. The van der Waals surface area contributed by atoms with Gasteiger partial charge in [0, 0.05) is 0 Å². The molecule has 4 N–H and O–H groups in total. The van der Waals surface area contributed by atoms with Gasteiger partial charge in [-0.2, -0.15) is 0 Å². The molecule has 0 spiro atoms. The molecule has 8 heteroatoms. The summed E-state index contributed by atoms with van der Waals surface area (Å²) in [5.41, 5.74) is 4.80. The minimum atomic E-state index is -0.804. The van der Waals surface area contributed by atoms with Crippen molar-refractivity contribution in [2.45, 2.75) is 19.9 Å². The van der Waals surface area contributed by atoms with Gasteiger partial charge in [-0.1, -0.05) is 12.0 Å². The highest BCUT2D eigenvalue weighted by Crippen LogP contribution is 2.04. The maximum atomic E-state index is 10.3. The predicted octanol–water partition coefficient (Wildman–Crippen LogP) is 0.0764. The molecule has 0 saturated carbocycles. The lowest BCUT2D eigenvalue weighted by Crippen LogP contribution is -2.18. The molecule has 0 radical (unpaired) electrons. The quantitative estimate of drug-likeness (QED) is 0.553. The number of nitrogens with two attached hydrogens (primary N) is 1. The highest BCUT2D eigenvalue weighted by atomic mass is 16.5. The van der Waals surface area contributed by atoms with Gasteiger partial charge in [0.15, 0.2) is 0 Å². The van der Waals surface area contributed by atoms with Crippen molar-refractivity contribution in [2.24, 2.45) is 5.73 Å². The van der Waals surface area contributed by atoms with Gasteiger partial charge < -0.3 is 25.5 Å². The summed E-state index contributed by atoms with van der Waals surface area (Å²) in [6.45, 7) is 4.04. The van der Waals surface area contributed by atoms with Crippen LogP contribution in [0.15, 0.2) is 4.42 Å². The molecule has 1 amide bonds. The fourth-order valence-corrected chi connectivity index (χ4v) is 1.08. The van der Waals surface area contributed by atoms with Crippen LogP contribution in [0.4, 0.5) is 10.8 Å². The van der Waals surface area contributed by atoms with Gasteiger partial charge in [0.2, 0.25) is 5.89 Å². The highest BCUT2D eigenvalue weighted by molar-refractivity contribution is 5.64. The van der Waals surface area contributed by atoms with Crippen molar-refractivity contribution in [2.75, 3.05) is 25.0 Å². The molecule has 1 aromatic rings. The summed E-state index contributed by atoms with van der Waals surface area (Å²) >= 11 is 0. The number of carbonyl (C=O) groups excluding carboxylic acids is 1. The maximum Gasteiger partial charge on any atom is 0.404 e. The second kappa shape index (κ2) is 7.44. The van der Waals surface area contributed by atoms with Gasteiger partial charge >= 0.3 is 12.1 Å². The van der Waals surface area contributed by atoms with Crippen molar-refractivity contribution in [1.29, 1.82) is 0 Å². The summed E-state index contributed by atoms with van der Waals surface area (Å²) in [5, 5.41) is 13.5. The Labute approximate surface area is 98.9 Å². The Bertz CT molecular complexity index is 341. The number of hydrogen-bond acceptors (Lipinski definition) is 7. The summed E-state index contributed by atoms with van der Waals surface area (Å²) in [6.07, 6.45) is 0.241. The zero-order valence-electron chi connectivity index (χ0n) is 9.73. The number of carbonyl (C=O) groups is 1. The molecule has 8 nitrogen and oxygen atoms in total. The van der Waals surface area contributed by atoms with E-state index in [9.17, 15) is 4.79 Å². The van der Waals surface area contributed by atoms with Crippen molar-refractivity contribution in [3.05, 3.63) is 5.89 Å². The summed E-state index contributed by atoms with van der Waals surface area (Å²) in [5.74, 6) is 0.511. The van der Waals surface area contributed by atoms with Gasteiger partial charge in [-0.05, 0) is 13.0 Å². The van der Waals surface area contributed by atoms with Crippen molar-refractivity contribution in [1.82, 2.24) is 15.5 Å². The van der Waals surface area contributed by atoms with E-state index < -0.39 is 6.09 Å². The number of hydrogen-bond donors (Lipinski definition) is 3. The summed E-state index contributed by atoms with van der Waals surface area (Å²) < 4.78 is 9.79. The number of amides is 1. The average molecular weight is 243 g/mol. The number of primary amides is 1. The number of nitrogens with zero attached hydrogens (tertiary/aromatic N) is 2. The lowest BCUT2D eigenvalue weighted by molar-refractivity contribution is 0.161. The number of aromatic nitrogens is 2. The Kier molecular flexibility index (Phi) is 5.80. The monoisotopic (exact) mass is 243 g/mol. The van der Waals surface area contributed by atoms with E-state index in [1.807, 2.05) is 0 Å². The first-order valence-electron chi connectivity index (χ1n) is 5.41. The first kappa shape index (κ1) is 13.2. The molecule has 0 saturated heterocycles. The van der Waals surface area contributed by atoms with Crippen molar-refractivity contribution in [3.8, 4) is 0 Å². The fourth-order valence-electron chi connectivity index (χ4n) is 1.08. The first-order chi connectivity index (χ1) is 8.22. The van der Waals surface area contributed by atoms with Crippen LogP contribution in [0.25, 0.3) is 0 Å². The van der Waals surface area contributed by atoms with Gasteiger partial charge in [-0.15, -0.1) is 5.10 Å². The van der Waals surface area contributed by atoms with E-state index in [4.69, 9.17) is 10.2 Å². The molecule has 1 heterocycles. The van der Waals surface area contributed by atoms with Gasteiger partial charge in [0.05, 0.1) is 13.1 Å². The molecule has 0 aliphatic carbocycles. The van der Waals surface area contributed by atoms with Crippen LogP contribution in [-0.2, 0) is 11.3 Å². The number of ether oxygens (including phenoxy) is 1. The van der Waals surface area contributed by atoms with E-state index in [0.29, 0.717) is 25.0 Å². The van der Waals surface area contributed by atoms with Crippen molar-refractivity contribution >= 4 is 12.1 Å². The Balaban J connectivity index is 2.18. The summed E-state index contributed by atoms with van der Waals surface area (Å²) in [6, 6.07) is 0.298. The topological polar surface area (TPSA) is 115 Å². The van der Waals surface area contributed by atoms with E-state index in [1.54, 1.807) is 0 Å². The van der Waals surface area contributed by atoms with E-state index in [-0.39, 0.29) is 6.61 Å². The average Bonchev–Trinajstić information content (AvgIpc) is 2.73. The van der Waals surface area contributed by atoms with Crippen LogP contribution < -0.4 is 16.4 Å². The minimum absolute atomic E-state index is 0.154. The van der Waals surface area contributed by atoms with Gasteiger partial charge in [-0.25, -0.2) is 4.79 Å². The lowest BCUT2D eigenvalue weighted by Gasteiger charge is -2.01. The minimum Gasteiger partial charge on any atom is -0.448 e. The normalized spacial score (nSPS) is 10.2. The molecule has 17 heavy (non-hydrogen) atoms. The third kappa shape index (κ3) is 5.71. The SMILES string of the molecule is CCCNCc1nnc(NCCOC(N)=O)o1. The van der Waals surface area contributed by atoms with E-state index >= 15 is 0 Å². The van der Waals surface area contributed by atoms with Gasteiger partial charge in [-0.3, -0.25) is 0 Å². The first-order valence-corrected chi connectivity index (χ1v) is 5.41. The molecule has 0 aliphatic heterocycles. The van der Waals surface area contributed by atoms with Crippen LogP contribution in [0, 0.1) is 0 Å².